The highest BCUT2D eigenvalue weighted by atomic mass is 35.5. The molecule has 0 bridgehead atoms. The van der Waals surface area contributed by atoms with E-state index < -0.39 is 10.8 Å². The minimum Gasteiger partial charge on any atom is -0.345 e. The zero-order valence-corrected chi connectivity index (χ0v) is 23.5. The van der Waals surface area contributed by atoms with E-state index in [0.29, 0.717) is 33.3 Å². The third-order valence-electron chi connectivity index (χ3n) is 6.53. The van der Waals surface area contributed by atoms with Crippen LogP contribution in [-0.4, -0.2) is 43.8 Å². The van der Waals surface area contributed by atoms with Crippen molar-refractivity contribution in [3.63, 3.8) is 0 Å². The van der Waals surface area contributed by atoms with Crippen molar-refractivity contribution in [1.82, 2.24) is 20.1 Å². The predicted molar refractivity (Wildman–Crippen MR) is 154 cm³/mol. The first-order valence-corrected chi connectivity index (χ1v) is 13.9. The number of thioether (sulfide) groups is 1. The molecule has 0 aliphatic carbocycles. The number of carbonyl (C=O) groups excluding carboxylic acids is 2. The van der Waals surface area contributed by atoms with Gasteiger partial charge in [-0.05, 0) is 49.2 Å². The third kappa shape index (κ3) is 5.53. The molecule has 1 aromatic heterocycles. The Kier molecular flexibility index (Phi) is 8.06. The number of rotatable bonds is 8. The molecule has 0 saturated carbocycles. The van der Waals surface area contributed by atoms with Crippen LogP contribution in [0.25, 0.3) is 5.69 Å². The lowest BCUT2D eigenvalue weighted by Gasteiger charge is -2.17. The number of amides is 2. The number of benzene rings is 3. The maximum atomic E-state index is 13.1. The van der Waals surface area contributed by atoms with E-state index in [0.717, 1.165) is 17.7 Å². The number of para-hydroxylation sites is 1. The molecule has 0 atom stereocenters. The molecule has 1 aliphatic rings. The van der Waals surface area contributed by atoms with Crippen LogP contribution in [0, 0.1) is 17.0 Å². The number of nitro benzene ring substituents is 1. The lowest BCUT2D eigenvalue weighted by molar-refractivity contribution is -0.385. The normalized spacial score (nSPS) is 12.3. The number of anilines is 1. The molecular formula is C27H22Cl2N6O4S. The second kappa shape index (κ2) is 11.7. The number of hydrogen-bond acceptors (Lipinski definition) is 7. The fourth-order valence-electron chi connectivity index (χ4n) is 4.52. The number of hydrogen-bond donors (Lipinski definition) is 1. The summed E-state index contributed by atoms with van der Waals surface area (Å²) < 4.78 is 1.69. The summed E-state index contributed by atoms with van der Waals surface area (Å²) in [6.45, 7) is 2.10. The highest BCUT2D eigenvalue weighted by Crippen LogP contribution is 2.31. The van der Waals surface area contributed by atoms with Crippen molar-refractivity contribution in [2.24, 2.45) is 0 Å². The molecule has 0 saturated heterocycles. The number of aromatic nitrogens is 3. The minimum atomic E-state index is -0.529. The van der Waals surface area contributed by atoms with Crippen molar-refractivity contribution in [3.8, 4) is 5.69 Å². The summed E-state index contributed by atoms with van der Waals surface area (Å²) in [5.41, 5.74) is 2.94. The van der Waals surface area contributed by atoms with Gasteiger partial charge in [0.1, 0.15) is 0 Å². The van der Waals surface area contributed by atoms with Gasteiger partial charge in [-0.2, -0.15) is 0 Å². The van der Waals surface area contributed by atoms with Gasteiger partial charge in [0, 0.05) is 29.4 Å². The summed E-state index contributed by atoms with van der Waals surface area (Å²) in [6, 6.07) is 17.2. The van der Waals surface area contributed by atoms with Crippen LogP contribution in [0.5, 0.6) is 0 Å². The fourth-order valence-corrected chi connectivity index (χ4v) is 5.65. The number of nitrogens with zero attached hydrogens (tertiary/aromatic N) is 5. The molecule has 5 rings (SSSR count). The summed E-state index contributed by atoms with van der Waals surface area (Å²) in [6.07, 6.45) is 0.805. The second-order valence-electron chi connectivity index (χ2n) is 8.93. The number of halogens is 2. The van der Waals surface area contributed by atoms with Crippen molar-refractivity contribution in [2.75, 3.05) is 17.2 Å². The first-order chi connectivity index (χ1) is 19.2. The van der Waals surface area contributed by atoms with E-state index >= 15 is 0 Å². The highest BCUT2D eigenvalue weighted by molar-refractivity contribution is 7.99. The monoisotopic (exact) mass is 596 g/mol. The Morgan fingerprint density at radius 1 is 1.07 bits per heavy atom. The highest BCUT2D eigenvalue weighted by Gasteiger charge is 2.26. The molecule has 0 spiro atoms. The van der Waals surface area contributed by atoms with Crippen LogP contribution in [0.2, 0.25) is 10.0 Å². The summed E-state index contributed by atoms with van der Waals surface area (Å²) in [7, 11) is 0. The quantitative estimate of drug-likeness (QED) is 0.164. The van der Waals surface area contributed by atoms with Gasteiger partial charge in [0.2, 0.25) is 5.91 Å². The van der Waals surface area contributed by atoms with Gasteiger partial charge in [-0.1, -0.05) is 59.2 Å². The van der Waals surface area contributed by atoms with Gasteiger partial charge in [-0.25, -0.2) is 0 Å². The Bertz CT molecular complexity index is 1640. The topological polar surface area (TPSA) is 123 Å². The van der Waals surface area contributed by atoms with Gasteiger partial charge >= 0.3 is 0 Å². The van der Waals surface area contributed by atoms with Crippen LogP contribution in [0.1, 0.15) is 27.3 Å². The van der Waals surface area contributed by atoms with Gasteiger partial charge in [0.05, 0.1) is 33.0 Å². The van der Waals surface area contributed by atoms with Crippen LogP contribution < -0.4 is 10.2 Å². The van der Waals surface area contributed by atoms with Gasteiger partial charge < -0.3 is 10.2 Å². The summed E-state index contributed by atoms with van der Waals surface area (Å²) in [5.74, 6) is -0.0691. The van der Waals surface area contributed by atoms with Crippen LogP contribution in [0.15, 0.2) is 65.8 Å². The molecule has 1 aliphatic heterocycles. The zero-order chi connectivity index (χ0) is 28.4. The Labute approximate surface area is 243 Å². The average molecular weight is 597 g/mol. The molecule has 1 N–H and O–H groups in total. The minimum absolute atomic E-state index is 0.0395. The Balaban J connectivity index is 1.38. The van der Waals surface area contributed by atoms with Gasteiger partial charge in [-0.3, -0.25) is 24.3 Å². The van der Waals surface area contributed by atoms with E-state index in [9.17, 15) is 19.7 Å². The number of fused-ring (bicyclic) bond motifs is 1. The lowest BCUT2D eigenvalue weighted by atomic mass is 10.1. The van der Waals surface area contributed by atoms with Crippen LogP contribution in [0.3, 0.4) is 0 Å². The lowest BCUT2D eigenvalue weighted by Crippen LogP contribution is -2.30. The Hall–Kier alpha value is -3.93. The molecular weight excluding hydrogens is 575 g/mol. The van der Waals surface area contributed by atoms with E-state index in [4.69, 9.17) is 23.2 Å². The maximum absolute atomic E-state index is 13.1. The largest absolute Gasteiger partial charge is 0.345 e. The van der Waals surface area contributed by atoms with Crippen molar-refractivity contribution >= 4 is 58.2 Å². The molecule has 3 aromatic carbocycles. The smallest absolute Gasteiger partial charge is 0.273 e. The van der Waals surface area contributed by atoms with E-state index in [1.165, 1.54) is 36.9 Å². The van der Waals surface area contributed by atoms with Crippen molar-refractivity contribution in [3.05, 3.63) is 103 Å². The number of carbonyl (C=O) groups is 2. The van der Waals surface area contributed by atoms with Crippen LogP contribution >= 0.6 is 35.0 Å². The Morgan fingerprint density at radius 2 is 1.88 bits per heavy atom. The molecule has 204 valence electrons. The molecule has 0 unspecified atom stereocenters. The first-order valence-electron chi connectivity index (χ1n) is 12.2. The average Bonchev–Trinajstić information content (AvgIpc) is 3.56. The number of nitro groups is 1. The molecule has 2 amide bonds. The van der Waals surface area contributed by atoms with Crippen molar-refractivity contribution in [1.29, 1.82) is 0 Å². The second-order valence-corrected chi connectivity index (χ2v) is 10.7. The number of nitrogens with one attached hydrogen (secondary N) is 1. The van der Waals surface area contributed by atoms with E-state index in [2.05, 4.69) is 15.5 Å². The van der Waals surface area contributed by atoms with E-state index in [-0.39, 0.29) is 35.0 Å². The maximum Gasteiger partial charge on any atom is 0.273 e. The van der Waals surface area contributed by atoms with E-state index in [1.54, 1.807) is 27.7 Å². The standard InChI is InChI=1S/C27H22Cl2N6O4S/c1-16-19(6-4-8-22(16)35(38)39)26(37)30-14-24-31-32-27(34(24)18-9-10-20(28)21(29)13-18)40-15-25(36)33-12-11-17-5-2-3-7-23(17)33/h2-10,13H,11-12,14-15H2,1H3,(H,30,37). The van der Waals surface area contributed by atoms with Crippen LogP contribution in [-0.2, 0) is 17.8 Å². The molecule has 0 radical (unpaired) electrons. The van der Waals surface area contributed by atoms with Gasteiger partial charge in [-0.15, -0.1) is 10.2 Å². The molecule has 10 nitrogen and oxygen atoms in total. The zero-order valence-electron chi connectivity index (χ0n) is 21.1. The fraction of sp³-hybridized carbons (Fsp3) is 0.185. The molecule has 0 fully saturated rings. The van der Waals surface area contributed by atoms with Gasteiger partial charge in [0.25, 0.3) is 11.6 Å². The van der Waals surface area contributed by atoms with Crippen molar-refractivity contribution in [2.45, 2.75) is 25.0 Å². The predicted octanol–water partition coefficient (Wildman–Crippen LogP) is 5.40. The van der Waals surface area contributed by atoms with Gasteiger partial charge in [0.15, 0.2) is 11.0 Å². The molecule has 40 heavy (non-hydrogen) atoms. The van der Waals surface area contributed by atoms with Crippen molar-refractivity contribution < 1.29 is 14.5 Å². The molecule has 2 heterocycles. The summed E-state index contributed by atoms with van der Waals surface area (Å²) >= 11 is 13.6. The Morgan fingerprint density at radius 3 is 2.65 bits per heavy atom. The summed E-state index contributed by atoms with van der Waals surface area (Å²) in [5, 5.41) is 23.7. The van der Waals surface area contributed by atoms with E-state index in [1.807, 2.05) is 24.3 Å². The molecule has 13 heteroatoms. The third-order valence-corrected chi connectivity index (χ3v) is 8.18. The van der Waals surface area contributed by atoms with Crippen LogP contribution in [0.4, 0.5) is 11.4 Å². The first kappa shape index (κ1) is 27.6. The summed E-state index contributed by atoms with van der Waals surface area (Å²) in [4.78, 5) is 38.6. The SMILES string of the molecule is Cc1c(C(=O)NCc2nnc(SCC(=O)N3CCc4ccccc43)n2-c2ccc(Cl)c(Cl)c2)cccc1[N+](=O)[O-]. The molecule has 4 aromatic rings.